The largest absolute Gasteiger partial charge is 0.314 e. The molecule has 0 unspecified atom stereocenters. The zero-order valence-electron chi connectivity index (χ0n) is 8.09. The van der Waals surface area contributed by atoms with Crippen LogP contribution in [0.25, 0.3) is 0 Å². The van der Waals surface area contributed by atoms with Gasteiger partial charge in [0.15, 0.2) is 0 Å². The molecule has 3 heteroatoms. The Labute approximate surface area is 89.7 Å². The van der Waals surface area contributed by atoms with Crippen LogP contribution in [0.3, 0.4) is 0 Å². The smallest absolute Gasteiger partial charge is 0.0438 e. The molecule has 0 aliphatic carbocycles. The molecular weight excluding hydrogens is 196 g/mol. The fourth-order valence-corrected chi connectivity index (χ4v) is 2.00. The molecule has 76 valence electrons. The Bertz CT molecular complexity index is 295. The maximum absolute atomic E-state index is 6.10. The van der Waals surface area contributed by atoms with Crippen molar-refractivity contribution in [2.24, 2.45) is 0 Å². The molecule has 2 nitrogen and oxygen atoms in total. The molecule has 14 heavy (non-hydrogen) atoms. The van der Waals surface area contributed by atoms with Crippen molar-refractivity contribution in [3.05, 3.63) is 34.9 Å². The van der Waals surface area contributed by atoms with Crippen molar-refractivity contribution >= 4 is 11.6 Å². The maximum Gasteiger partial charge on any atom is 0.0438 e. The Balaban J connectivity index is 1.99. The summed E-state index contributed by atoms with van der Waals surface area (Å²) in [6.45, 7) is 3.15. The molecule has 1 saturated heterocycles. The summed E-state index contributed by atoms with van der Waals surface area (Å²) < 4.78 is 0. The van der Waals surface area contributed by atoms with Crippen LogP contribution in [-0.4, -0.2) is 25.7 Å². The number of nitrogens with one attached hydrogen (secondary N) is 2. The zero-order valence-corrected chi connectivity index (χ0v) is 8.85. The molecular formula is C11H15ClN2. The SMILES string of the molecule is Clc1ccccc1C[C@@H]1CNCCN1. The molecule has 1 aromatic carbocycles. The minimum absolute atomic E-state index is 0.517. The molecule has 0 saturated carbocycles. The summed E-state index contributed by atoms with van der Waals surface area (Å²) in [5.41, 5.74) is 1.23. The highest BCUT2D eigenvalue weighted by Gasteiger charge is 2.13. The topological polar surface area (TPSA) is 24.1 Å². The van der Waals surface area contributed by atoms with Gasteiger partial charge in [0, 0.05) is 30.7 Å². The van der Waals surface area contributed by atoms with E-state index in [4.69, 9.17) is 11.6 Å². The Morgan fingerprint density at radius 2 is 2.14 bits per heavy atom. The lowest BCUT2D eigenvalue weighted by atomic mass is 10.0. The van der Waals surface area contributed by atoms with Gasteiger partial charge in [-0.05, 0) is 18.1 Å². The van der Waals surface area contributed by atoms with Gasteiger partial charge in [0.1, 0.15) is 0 Å². The van der Waals surface area contributed by atoms with Crippen molar-refractivity contribution in [2.75, 3.05) is 19.6 Å². The van der Waals surface area contributed by atoms with Crippen LogP contribution in [-0.2, 0) is 6.42 Å². The highest BCUT2D eigenvalue weighted by atomic mass is 35.5. The summed E-state index contributed by atoms with van der Waals surface area (Å²) in [5, 5.41) is 7.72. The van der Waals surface area contributed by atoms with Crippen LogP contribution in [0.5, 0.6) is 0 Å². The van der Waals surface area contributed by atoms with Crippen LogP contribution in [0.4, 0.5) is 0 Å². The van der Waals surface area contributed by atoms with Crippen LogP contribution in [0.15, 0.2) is 24.3 Å². The molecule has 1 aliphatic rings. The monoisotopic (exact) mass is 210 g/mol. The first-order valence-electron chi connectivity index (χ1n) is 5.04. The van der Waals surface area contributed by atoms with Gasteiger partial charge < -0.3 is 10.6 Å². The number of benzene rings is 1. The zero-order chi connectivity index (χ0) is 9.80. The third kappa shape index (κ3) is 2.47. The average Bonchev–Trinajstić information content (AvgIpc) is 2.23. The molecule has 0 spiro atoms. The van der Waals surface area contributed by atoms with Crippen molar-refractivity contribution in [3.63, 3.8) is 0 Å². The summed E-state index contributed by atoms with van der Waals surface area (Å²) in [4.78, 5) is 0. The minimum Gasteiger partial charge on any atom is -0.314 e. The van der Waals surface area contributed by atoms with E-state index >= 15 is 0 Å². The Hall–Kier alpha value is -0.570. The van der Waals surface area contributed by atoms with Crippen LogP contribution in [0.2, 0.25) is 5.02 Å². The second-order valence-corrected chi connectivity index (χ2v) is 4.06. The van der Waals surface area contributed by atoms with Crippen LogP contribution in [0.1, 0.15) is 5.56 Å². The molecule has 1 heterocycles. The van der Waals surface area contributed by atoms with E-state index in [2.05, 4.69) is 16.7 Å². The number of piperazine rings is 1. The lowest BCUT2D eigenvalue weighted by Crippen LogP contribution is -2.49. The van der Waals surface area contributed by atoms with Gasteiger partial charge in [0.2, 0.25) is 0 Å². The van der Waals surface area contributed by atoms with Crippen LogP contribution in [0, 0.1) is 0 Å². The fraction of sp³-hybridized carbons (Fsp3) is 0.455. The summed E-state index contributed by atoms with van der Waals surface area (Å²) in [6.07, 6.45) is 1.01. The van der Waals surface area contributed by atoms with Gasteiger partial charge in [0.05, 0.1) is 0 Å². The average molecular weight is 211 g/mol. The molecule has 1 fully saturated rings. The van der Waals surface area contributed by atoms with Crippen molar-refractivity contribution in [3.8, 4) is 0 Å². The molecule has 1 aromatic rings. The van der Waals surface area contributed by atoms with Crippen molar-refractivity contribution < 1.29 is 0 Å². The van der Waals surface area contributed by atoms with E-state index in [9.17, 15) is 0 Å². The molecule has 1 atom stereocenters. The van der Waals surface area contributed by atoms with E-state index in [1.165, 1.54) is 5.56 Å². The second-order valence-electron chi connectivity index (χ2n) is 3.65. The first kappa shape index (κ1) is 9.97. The highest BCUT2D eigenvalue weighted by Crippen LogP contribution is 2.16. The predicted octanol–water partition coefficient (Wildman–Crippen LogP) is 1.44. The highest BCUT2D eigenvalue weighted by molar-refractivity contribution is 6.31. The van der Waals surface area contributed by atoms with Crippen molar-refractivity contribution in [1.29, 1.82) is 0 Å². The van der Waals surface area contributed by atoms with Crippen LogP contribution >= 0.6 is 11.6 Å². The van der Waals surface area contributed by atoms with E-state index in [1.54, 1.807) is 0 Å². The molecule has 2 N–H and O–H groups in total. The predicted molar refractivity (Wildman–Crippen MR) is 59.8 cm³/mol. The first-order valence-corrected chi connectivity index (χ1v) is 5.41. The van der Waals surface area contributed by atoms with Gasteiger partial charge >= 0.3 is 0 Å². The van der Waals surface area contributed by atoms with Gasteiger partial charge in [0.25, 0.3) is 0 Å². The number of halogens is 1. The van der Waals surface area contributed by atoms with Gasteiger partial charge in [-0.25, -0.2) is 0 Å². The van der Waals surface area contributed by atoms with E-state index in [-0.39, 0.29) is 0 Å². The lowest BCUT2D eigenvalue weighted by Gasteiger charge is -2.24. The molecule has 1 aliphatic heterocycles. The Kier molecular flexibility index (Phi) is 3.40. The summed E-state index contributed by atoms with van der Waals surface area (Å²) in [6, 6.07) is 8.57. The van der Waals surface area contributed by atoms with Gasteiger partial charge in [-0.1, -0.05) is 29.8 Å². The molecule has 0 aromatic heterocycles. The second kappa shape index (κ2) is 4.78. The fourth-order valence-electron chi connectivity index (χ4n) is 1.79. The summed E-state index contributed by atoms with van der Waals surface area (Å²) in [7, 11) is 0. The quantitative estimate of drug-likeness (QED) is 0.772. The van der Waals surface area contributed by atoms with Crippen molar-refractivity contribution in [2.45, 2.75) is 12.5 Å². The minimum atomic E-state index is 0.517. The van der Waals surface area contributed by atoms with E-state index in [0.29, 0.717) is 6.04 Å². The van der Waals surface area contributed by atoms with E-state index < -0.39 is 0 Å². The number of hydrogen-bond donors (Lipinski definition) is 2. The summed E-state index contributed by atoms with van der Waals surface area (Å²) in [5.74, 6) is 0. The molecule has 2 rings (SSSR count). The lowest BCUT2D eigenvalue weighted by molar-refractivity contribution is 0.417. The standard InChI is InChI=1S/C11H15ClN2/c12-11-4-2-1-3-9(11)7-10-8-13-5-6-14-10/h1-4,10,13-14H,5-8H2/t10-/m1/s1. The van der Waals surface area contributed by atoms with Gasteiger partial charge in [-0.2, -0.15) is 0 Å². The number of hydrogen-bond acceptors (Lipinski definition) is 2. The number of rotatable bonds is 2. The van der Waals surface area contributed by atoms with E-state index in [1.807, 2.05) is 18.2 Å². The molecule has 0 amide bonds. The van der Waals surface area contributed by atoms with Crippen molar-refractivity contribution in [1.82, 2.24) is 10.6 Å². The van der Waals surface area contributed by atoms with E-state index in [0.717, 1.165) is 31.1 Å². The molecule has 0 radical (unpaired) electrons. The van der Waals surface area contributed by atoms with Gasteiger partial charge in [-0.3, -0.25) is 0 Å². The Morgan fingerprint density at radius 1 is 1.29 bits per heavy atom. The van der Waals surface area contributed by atoms with Gasteiger partial charge in [-0.15, -0.1) is 0 Å². The summed E-state index contributed by atoms with van der Waals surface area (Å²) >= 11 is 6.10. The Morgan fingerprint density at radius 3 is 2.86 bits per heavy atom. The van der Waals surface area contributed by atoms with Crippen LogP contribution < -0.4 is 10.6 Å². The third-order valence-corrected chi connectivity index (χ3v) is 2.92. The maximum atomic E-state index is 6.10. The third-order valence-electron chi connectivity index (χ3n) is 2.55. The normalized spacial score (nSPS) is 22.2. The molecule has 0 bridgehead atoms. The first-order chi connectivity index (χ1) is 6.86.